The molecule has 0 amide bonds. The Morgan fingerprint density at radius 2 is 1.62 bits per heavy atom. The summed E-state index contributed by atoms with van der Waals surface area (Å²) < 4.78 is 8.69. The Kier molecular flexibility index (Phi) is 5.61. The minimum atomic E-state index is -0.143. The maximum atomic E-state index is 7.83. The van der Waals surface area contributed by atoms with Gasteiger partial charge in [-0.2, -0.15) is 0 Å². The molecule has 0 radical (unpaired) electrons. The molecule has 0 fully saturated rings. The summed E-state index contributed by atoms with van der Waals surface area (Å²) in [4.78, 5) is 4.85. The summed E-state index contributed by atoms with van der Waals surface area (Å²) in [5.41, 5.74) is 7.55. The third kappa shape index (κ3) is 3.82. The highest BCUT2D eigenvalue weighted by Crippen LogP contribution is 2.47. The minimum absolute atomic E-state index is 0.143. The second kappa shape index (κ2) is 9.33. The van der Waals surface area contributed by atoms with Crippen molar-refractivity contribution in [3.05, 3.63) is 132 Å². The van der Waals surface area contributed by atoms with Crippen LogP contribution in [0.4, 0.5) is 5.69 Å². The highest BCUT2D eigenvalue weighted by Gasteiger charge is 2.35. The van der Waals surface area contributed by atoms with E-state index in [0.717, 1.165) is 39.7 Å². The molecule has 7 rings (SSSR count). The standard InChI is InChI=1S/C35H28N4O/c1-35(2)30-14-7-13-29-28-17-16-27(20-32(28)39(33(29)30)34-31(35)15-8-18-37-34)40-26-12-6-11-25(19-26)38-22-24(21-36)23-9-4-3-5-10-23/h3-22,36,38H,1-2H3/p+1. The van der Waals surface area contributed by atoms with Crippen LogP contribution in [0.15, 0.2) is 116 Å². The molecule has 0 saturated heterocycles. The molecular formula is C35H29N4O+. The third-order valence-corrected chi connectivity index (χ3v) is 7.92. The minimum Gasteiger partial charge on any atom is -0.457 e. The van der Waals surface area contributed by atoms with Gasteiger partial charge in [0.2, 0.25) is 0 Å². The number of pyridine rings is 1. The molecule has 40 heavy (non-hydrogen) atoms. The molecule has 194 valence electrons. The molecule has 4 aromatic carbocycles. The van der Waals surface area contributed by atoms with Gasteiger partial charge in [-0.05, 0) is 41.5 Å². The van der Waals surface area contributed by atoms with Crippen LogP contribution in [0, 0.1) is 5.41 Å². The van der Waals surface area contributed by atoms with Gasteiger partial charge in [0, 0.05) is 46.3 Å². The van der Waals surface area contributed by atoms with Crippen molar-refractivity contribution < 1.29 is 10.1 Å². The normalized spacial score (nSPS) is 13.8. The van der Waals surface area contributed by atoms with E-state index in [9.17, 15) is 0 Å². The molecule has 0 atom stereocenters. The van der Waals surface area contributed by atoms with Crippen molar-refractivity contribution in [2.75, 3.05) is 0 Å². The largest absolute Gasteiger partial charge is 0.457 e. The van der Waals surface area contributed by atoms with Crippen molar-refractivity contribution in [2.24, 2.45) is 0 Å². The molecule has 5 heteroatoms. The molecule has 2 aromatic heterocycles. The summed E-state index contributed by atoms with van der Waals surface area (Å²) in [6.45, 7) is 4.56. The number of hydrogen-bond donors (Lipinski definition) is 2. The second-order valence-corrected chi connectivity index (χ2v) is 10.7. The summed E-state index contributed by atoms with van der Waals surface area (Å²) in [7, 11) is 0. The predicted octanol–water partition coefficient (Wildman–Crippen LogP) is 7.50. The van der Waals surface area contributed by atoms with E-state index < -0.39 is 0 Å². The molecule has 1 aliphatic rings. The lowest BCUT2D eigenvalue weighted by atomic mass is 9.76. The summed E-state index contributed by atoms with van der Waals surface area (Å²) in [5, 5.41) is 12.3. The molecule has 0 aliphatic carbocycles. The van der Waals surface area contributed by atoms with E-state index in [1.54, 1.807) is 0 Å². The molecule has 1 aliphatic heterocycles. The van der Waals surface area contributed by atoms with Gasteiger partial charge in [0.05, 0.1) is 16.6 Å². The number of allylic oxidation sites excluding steroid dienone is 1. The number of ether oxygens (including phenoxy) is 1. The zero-order valence-corrected chi connectivity index (χ0v) is 22.4. The summed E-state index contributed by atoms with van der Waals surface area (Å²) in [6, 6.07) is 35.1. The number of hydrogen-bond acceptors (Lipinski definition) is 3. The number of para-hydroxylation sites is 1. The third-order valence-electron chi connectivity index (χ3n) is 7.92. The van der Waals surface area contributed by atoms with Gasteiger partial charge in [0.25, 0.3) is 0 Å². The fourth-order valence-corrected chi connectivity index (χ4v) is 5.90. The van der Waals surface area contributed by atoms with Gasteiger partial charge in [-0.25, -0.2) is 4.98 Å². The quantitative estimate of drug-likeness (QED) is 0.176. The maximum Gasteiger partial charge on any atom is 0.141 e. The first kappa shape index (κ1) is 24.1. The zero-order chi connectivity index (χ0) is 27.3. The molecule has 3 heterocycles. The summed E-state index contributed by atoms with van der Waals surface area (Å²) in [6.07, 6.45) is 5.22. The zero-order valence-electron chi connectivity index (χ0n) is 22.4. The molecule has 0 saturated carbocycles. The average Bonchev–Trinajstić information content (AvgIpc) is 3.31. The SMILES string of the molecule is CC1(C)c2cccnc2-n2c3cc(Oc4cccc([NH2+]C=C(C=N)c5ccccc5)c4)ccc3c3cccc1c32. The highest BCUT2D eigenvalue weighted by atomic mass is 16.5. The number of fused-ring (bicyclic) bond motifs is 5. The van der Waals surface area contributed by atoms with E-state index in [0.29, 0.717) is 0 Å². The first-order valence-electron chi connectivity index (χ1n) is 13.5. The van der Waals surface area contributed by atoms with E-state index in [1.807, 2.05) is 84.4 Å². The fraction of sp³-hybridized carbons (Fsp3) is 0.0857. The molecule has 0 unspecified atom stereocenters. The van der Waals surface area contributed by atoms with Crippen LogP contribution >= 0.6 is 0 Å². The van der Waals surface area contributed by atoms with Gasteiger partial charge in [0.1, 0.15) is 29.2 Å². The molecule has 0 bridgehead atoms. The number of nitrogens with one attached hydrogen (secondary N) is 1. The van der Waals surface area contributed by atoms with E-state index >= 15 is 0 Å². The van der Waals surface area contributed by atoms with E-state index in [1.165, 1.54) is 33.6 Å². The molecule has 5 nitrogen and oxygen atoms in total. The van der Waals surface area contributed by atoms with Crippen molar-refractivity contribution in [3.63, 3.8) is 0 Å². The topological polar surface area (TPSA) is 67.5 Å². The first-order chi connectivity index (χ1) is 19.5. The highest BCUT2D eigenvalue weighted by molar-refractivity contribution is 6.11. The van der Waals surface area contributed by atoms with Gasteiger partial charge in [-0.3, -0.25) is 9.88 Å². The molecule has 0 spiro atoms. The number of nitrogens with zero attached hydrogens (tertiary/aromatic N) is 2. The van der Waals surface area contributed by atoms with Gasteiger partial charge in [-0.1, -0.05) is 74.5 Å². The summed E-state index contributed by atoms with van der Waals surface area (Å²) >= 11 is 0. The first-order valence-corrected chi connectivity index (χ1v) is 13.5. The Bertz CT molecular complexity index is 1950. The molecule has 3 N–H and O–H groups in total. The van der Waals surface area contributed by atoms with Gasteiger partial charge >= 0.3 is 0 Å². The Balaban J connectivity index is 1.26. The van der Waals surface area contributed by atoms with Crippen molar-refractivity contribution in [2.45, 2.75) is 19.3 Å². The lowest BCUT2D eigenvalue weighted by molar-refractivity contribution is -0.495. The lowest BCUT2D eigenvalue weighted by Crippen LogP contribution is -2.71. The average molecular weight is 522 g/mol. The van der Waals surface area contributed by atoms with E-state index in [2.05, 4.69) is 54.8 Å². The number of nitrogens with two attached hydrogens (primary N) is 1. The van der Waals surface area contributed by atoms with E-state index in [4.69, 9.17) is 15.1 Å². The van der Waals surface area contributed by atoms with Crippen LogP contribution in [0.2, 0.25) is 0 Å². The van der Waals surface area contributed by atoms with Crippen molar-refractivity contribution in [1.29, 1.82) is 5.41 Å². The van der Waals surface area contributed by atoms with Crippen LogP contribution in [0.25, 0.3) is 33.2 Å². The Morgan fingerprint density at radius 1 is 0.825 bits per heavy atom. The number of rotatable bonds is 6. The Morgan fingerprint density at radius 3 is 2.48 bits per heavy atom. The van der Waals surface area contributed by atoms with Crippen LogP contribution in [0.5, 0.6) is 11.5 Å². The van der Waals surface area contributed by atoms with E-state index in [-0.39, 0.29) is 5.41 Å². The summed E-state index contributed by atoms with van der Waals surface area (Å²) in [5.74, 6) is 2.51. The molecular weight excluding hydrogens is 492 g/mol. The maximum absolute atomic E-state index is 7.83. The van der Waals surface area contributed by atoms with Crippen LogP contribution < -0.4 is 10.1 Å². The van der Waals surface area contributed by atoms with Gasteiger partial charge in [0.15, 0.2) is 0 Å². The predicted molar refractivity (Wildman–Crippen MR) is 162 cm³/mol. The monoisotopic (exact) mass is 521 g/mol. The number of benzene rings is 4. The Labute approximate surface area is 232 Å². The lowest BCUT2D eigenvalue weighted by Gasteiger charge is -2.33. The second-order valence-electron chi connectivity index (χ2n) is 10.7. The number of aromatic nitrogens is 2. The van der Waals surface area contributed by atoms with Gasteiger partial charge < -0.3 is 10.1 Å². The van der Waals surface area contributed by atoms with Crippen LogP contribution in [0.1, 0.15) is 30.5 Å². The van der Waals surface area contributed by atoms with Crippen molar-refractivity contribution >= 4 is 39.3 Å². The number of quaternary nitrogens is 1. The fourth-order valence-electron chi connectivity index (χ4n) is 5.90. The molecule has 6 aromatic rings. The van der Waals surface area contributed by atoms with Crippen LogP contribution in [0.3, 0.4) is 0 Å². The van der Waals surface area contributed by atoms with Crippen LogP contribution in [-0.2, 0) is 5.41 Å². The smallest absolute Gasteiger partial charge is 0.141 e. The Hall–Kier alpha value is -5.00. The van der Waals surface area contributed by atoms with Gasteiger partial charge in [-0.15, -0.1) is 0 Å². The van der Waals surface area contributed by atoms with Crippen LogP contribution in [-0.4, -0.2) is 15.8 Å². The van der Waals surface area contributed by atoms with Crippen molar-refractivity contribution in [1.82, 2.24) is 9.55 Å². The van der Waals surface area contributed by atoms with Crippen molar-refractivity contribution in [3.8, 4) is 17.3 Å².